The zero-order valence-corrected chi connectivity index (χ0v) is 11.3. The normalized spacial score (nSPS) is 16.0. The Kier molecular flexibility index (Phi) is 2.68. The summed E-state index contributed by atoms with van der Waals surface area (Å²) in [6.07, 6.45) is 3.33. The minimum absolute atomic E-state index is 0.435. The van der Waals surface area contributed by atoms with Gasteiger partial charge in [0.1, 0.15) is 4.60 Å². The predicted octanol–water partition coefficient (Wildman–Crippen LogP) is 3.40. The third kappa shape index (κ3) is 1.74. The molecule has 2 nitrogen and oxygen atoms in total. The molecule has 0 unspecified atom stereocenters. The molecule has 88 valence electrons. The average Bonchev–Trinajstić information content (AvgIpc) is 2.78. The van der Waals surface area contributed by atoms with E-state index >= 15 is 0 Å². The Bertz CT molecular complexity index is 618. The van der Waals surface area contributed by atoms with Gasteiger partial charge in [0.25, 0.3) is 0 Å². The second-order valence-corrected chi connectivity index (χ2v) is 5.50. The van der Waals surface area contributed by atoms with Crippen molar-refractivity contribution in [3.63, 3.8) is 0 Å². The number of rotatable bonds is 1. The monoisotopic (exact) mass is 298 g/mol. The van der Waals surface area contributed by atoms with E-state index in [4.69, 9.17) is 0 Å². The van der Waals surface area contributed by atoms with Gasteiger partial charge in [-0.2, -0.15) is 5.26 Å². The van der Waals surface area contributed by atoms with Crippen LogP contribution in [0.25, 0.3) is 0 Å². The van der Waals surface area contributed by atoms with Gasteiger partial charge < -0.3 is 0 Å². The van der Waals surface area contributed by atoms with Gasteiger partial charge in [0.2, 0.25) is 0 Å². The number of nitriles is 1. The number of halogens is 1. The third-order valence-corrected chi connectivity index (χ3v) is 4.03. The van der Waals surface area contributed by atoms with Crippen LogP contribution in [-0.2, 0) is 18.3 Å². The highest BCUT2D eigenvalue weighted by Crippen LogP contribution is 2.39. The second-order valence-electron chi connectivity index (χ2n) is 4.68. The smallest absolute Gasteiger partial charge is 0.106 e. The Labute approximate surface area is 114 Å². The van der Waals surface area contributed by atoms with Crippen LogP contribution < -0.4 is 0 Å². The first-order valence-electron chi connectivity index (χ1n) is 5.84. The molecule has 3 rings (SSSR count). The molecule has 0 saturated heterocycles. The lowest BCUT2D eigenvalue weighted by Crippen LogP contribution is -2.24. The van der Waals surface area contributed by atoms with E-state index < -0.39 is 5.41 Å². The van der Waals surface area contributed by atoms with Crippen molar-refractivity contribution in [2.24, 2.45) is 0 Å². The van der Waals surface area contributed by atoms with Crippen molar-refractivity contribution in [3.8, 4) is 6.07 Å². The number of pyridine rings is 1. The fraction of sp³-hybridized carbons (Fsp3) is 0.200. The minimum atomic E-state index is -0.435. The third-order valence-electron chi connectivity index (χ3n) is 3.60. The molecule has 0 atom stereocenters. The molecule has 1 aliphatic carbocycles. The average molecular weight is 299 g/mol. The summed E-state index contributed by atoms with van der Waals surface area (Å²) in [6.45, 7) is 0. The molecule has 1 aromatic carbocycles. The summed E-state index contributed by atoms with van der Waals surface area (Å²) >= 11 is 3.38. The second kappa shape index (κ2) is 4.22. The van der Waals surface area contributed by atoms with Crippen LogP contribution in [0.1, 0.15) is 16.7 Å². The van der Waals surface area contributed by atoms with Crippen LogP contribution in [0.5, 0.6) is 0 Å². The molecule has 0 aliphatic heterocycles. The van der Waals surface area contributed by atoms with Crippen LogP contribution in [0, 0.1) is 11.3 Å². The lowest BCUT2D eigenvalue weighted by atomic mass is 9.80. The number of fused-ring (bicyclic) bond motifs is 1. The Morgan fingerprint density at radius 2 is 1.83 bits per heavy atom. The molecule has 18 heavy (non-hydrogen) atoms. The summed E-state index contributed by atoms with van der Waals surface area (Å²) in [4.78, 5) is 4.13. The van der Waals surface area contributed by atoms with Gasteiger partial charge in [0.15, 0.2) is 0 Å². The van der Waals surface area contributed by atoms with E-state index in [9.17, 15) is 5.26 Å². The Balaban J connectivity index is 2.08. The van der Waals surface area contributed by atoms with E-state index in [2.05, 4.69) is 39.1 Å². The Hall–Kier alpha value is -1.66. The summed E-state index contributed by atoms with van der Waals surface area (Å²) in [7, 11) is 0. The van der Waals surface area contributed by atoms with E-state index in [1.807, 2.05) is 24.3 Å². The first-order chi connectivity index (χ1) is 8.73. The SMILES string of the molecule is N#CC1(c2ccnc(Br)c2)Cc2ccccc2C1. The minimum Gasteiger partial charge on any atom is -0.249 e. The summed E-state index contributed by atoms with van der Waals surface area (Å²) < 4.78 is 0.783. The molecule has 1 aliphatic rings. The van der Waals surface area contributed by atoms with Crippen molar-refractivity contribution in [2.75, 3.05) is 0 Å². The fourth-order valence-electron chi connectivity index (χ4n) is 2.66. The molecule has 0 bridgehead atoms. The summed E-state index contributed by atoms with van der Waals surface area (Å²) in [5.41, 5.74) is 3.18. The fourth-order valence-corrected chi connectivity index (χ4v) is 3.03. The maximum atomic E-state index is 9.65. The van der Waals surface area contributed by atoms with Gasteiger partial charge in [0.05, 0.1) is 11.5 Å². The topological polar surface area (TPSA) is 36.7 Å². The summed E-state index contributed by atoms with van der Waals surface area (Å²) in [5.74, 6) is 0. The molecule has 2 aromatic rings. The van der Waals surface area contributed by atoms with Crippen molar-refractivity contribution in [1.29, 1.82) is 5.26 Å². The van der Waals surface area contributed by atoms with Crippen LogP contribution in [0.4, 0.5) is 0 Å². The molecule has 1 heterocycles. The molecule has 0 spiro atoms. The molecule has 0 N–H and O–H groups in total. The maximum absolute atomic E-state index is 9.65. The van der Waals surface area contributed by atoms with Gasteiger partial charge >= 0.3 is 0 Å². The van der Waals surface area contributed by atoms with Crippen LogP contribution in [0.2, 0.25) is 0 Å². The van der Waals surface area contributed by atoms with Crippen LogP contribution >= 0.6 is 15.9 Å². The van der Waals surface area contributed by atoms with E-state index in [0.29, 0.717) is 0 Å². The van der Waals surface area contributed by atoms with Crippen LogP contribution in [0.3, 0.4) is 0 Å². The summed E-state index contributed by atoms with van der Waals surface area (Å²) in [6, 6.07) is 14.7. The standard InChI is InChI=1S/C15H11BrN2/c16-14-7-13(5-6-18-14)15(10-17)8-11-3-1-2-4-12(11)9-15/h1-7H,8-9H2. The Morgan fingerprint density at radius 3 is 2.39 bits per heavy atom. The lowest BCUT2D eigenvalue weighted by Gasteiger charge is -2.20. The van der Waals surface area contributed by atoms with Crippen LogP contribution in [0.15, 0.2) is 47.2 Å². The quantitative estimate of drug-likeness (QED) is 0.757. The van der Waals surface area contributed by atoms with E-state index in [0.717, 1.165) is 23.0 Å². The van der Waals surface area contributed by atoms with Gasteiger partial charge in [-0.05, 0) is 57.6 Å². The van der Waals surface area contributed by atoms with Gasteiger partial charge in [-0.3, -0.25) is 0 Å². The highest BCUT2D eigenvalue weighted by molar-refractivity contribution is 9.10. The molecule has 0 radical (unpaired) electrons. The highest BCUT2D eigenvalue weighted by atomic mass is 79.9. The van der Waals surface area contributed by atoms with Gasteiger partial charge in [-0.15, -0.1) is 0 Å². The van der Waals surface area contributed by atoms with Crippen molar-refractivity contribution >= 4 is 15.9 Å². The largest absolute Gasteiger partial charge is 0.249 e. The molecule has 0 saturated carbocycles. The lowest BCUT2D eigenvalue weighted by molar-refractivity contribution is 0.586. The first kappa shape index (κ1) is 11.4. The van der Waals surface area contributed by atoms with E-state index in [1.165, 1.54) is 11.1 Å². The Morgan fingerprint density at radius 1 is 1.17 bits per heavy atom. The predicted molar refractivity (Wildman–Crippen MR) is 73.1 cm³/mol. The number of aromatic nitrogens is 1. The summed E-state index contributed by atoms with van der Waals surface area (Å²) in [5, 5.41) is 9.65. The van der Waals surface area contributed by atoms with E-state index in [1.54, 1.807) is 6.20 Å². The maximum Gasteiger partial charge on any atom is 0.106 e. The van der Waals surface area contributed by atoms with Crippen molar-refractivity contribution < 1.29 is 0 Å². The number of benzene rings is 1. The molecule has 3 heteroatoms. The first-order valence-corrected chi connectivity index (χ1v) is 6.63. The zero-order chi connectivity index (χ0) is 12.6. The molecular weight excluding hydrogens is 288 g/mol. The van der Waals surface area contributed by atoms with Gasteiger partial charge in [-0.1, -0.05) is 24.3 Å². The van der Waals surface area contributed by atoms with Crippen molar-refractivity contribution in [2.45, 2.75) is 18.3 Å². The van der Waals surface area contributed by atoms with Crippen LogP contribution in [-0.4, -0.2) is 4.98 Å². The number of hydrogen-bond acceptors (Lipinski definition) is 2. The van der Waals surface area contributed by atoms with Crippen molar-refractivity contribution in [1.82, 2.24) is 4.98 Å². The zero-order valence-electron chi connectivity index (χ0n) is 9.73. The number of hydrogen-bond donors (Lipinski definition) is 0. The van der Waals surface area contributed by atoms with Crippen molar-refractivity contribution in [3.05, 3.63) is 63.9 Å². The van der Waals surface area contributed by atoms with Gasteiger partial charge in [0, 0.05) is 6.20 Å². The molecule has 0 amide bonds. The molecule has 1 aromatic heterocycles. The van der Waals surface area contributed by atoms with E-state index in [-0.39, 0.29) is 0 Å². The highest BCUT2D eigenvalue weighted by Gasteiger charge is 2.39. The molecular formula is C15H11BrN2. The van der Waals surface area contributed by atoms with Gasteiger partial charge in [-0.25, -0.2) is 4.98 Å². The molecule has 0 fully saturated rings. The number of nitrogens with zero attached hydrogens (tertiary/aromatic N) is 2.